The van der Waals surface area contributed by atoms with E-state index in [2.05, 4.69) is 14.7 Å². The van der Waals surface area contributed by atoms with Gasteiger partial charge in [0, 0.05) is 5.69 Å². The maximum absolute atomic E-state index is 11.2. The molecule has 2 aromatic heterocycles. The highest BCUT2D eigenvalue weighted by Crippen LogP contribution is 2.16. The number of aromatic amines is 1. The summed E-state index contributed by atoms with van der Waals surface area (Å²) in [5, 5.41) is 9.34. The van der Waals surface area contributed by atoms with E-state index in [1.165, 1.54) is 13.3 Å². The lowest BCUT2D eigenvalue weighted by molar-refractivity contribution is 0.0594. The zero-order valence-electron chi connectivity index (χ0n) is 9.91. The van der Waals surface area contributed by atoms with Gasteiger partial charge in [0.1, 0.15) is 15.6 Å². The van der Waals surface area contributed by atoms with Crippen LogP contribution < -0.4 is 0 Å². The van der Waals surface area contributed by atoms with Crippen LogP contribution in [0.5, 0.6) is 0 Å². The number of ether oxygens (including phenoxy) is 1. The van der Waals surface area contributed by atoms with Crippen molar-refractivity contribution in [3.05, 3.63) is 39.6 Å². The minimum absolute atomic E-state index is 0.182. The molecule has 0 saturated heterocycles. The topological polar surface area (TPSA) is 92.3 Å². The van der Waals surface area contributed by atoms with Gasteiger partial charge in [-0.15, -0.1) is 11.3 Å². The summed E-state index contributed by atoms with van der Waals surface area (Å²) in [4.78, 5) is 28.9. The number of H-pyrrole nitrogens is 1. The summed E-state index contributed by atoms with van der Waals surface area (Å²) in [6, 6.07) is 3.32. The third kappa shape index (κ3) is 3.08. The lowest BCUT2D eigenvalue weighted by atomic mass is 10.4. The van der Waals surface area contributed by atoms with E-state index in [4.69, 9.17) is 5.11 Å². The summed E-state index contributed by atoms with van der Waals surface area (Å²) in [5.41, 5.74) is 1.06. The molecule has 2 N–H and O–H groups in total. The maximum Gasteiger partial charge on any atom is 0.354 e. The zero-order valence-corrected chi connectivity index (χ0v) is 10.7. The number of hydrogen-bond acceptors (Lipinski definition) is 5. The van der Waals surface area contributed by atoms with E-state index in [-0.39, 0.29) is 4.88 Å². The largest absolute Gasteiger partial charge is 0.477 e. The van der Waals surface area contributed by atoms with Crippen LogP contribution in [0.3, 0.4) is 0 Å². The molecule has 7 heteroatoms. The Balaban J connectivity index is 2.11. The fraction of sp³-hybridized carbons (Fsp3) is 0.0833. The second-order valence-electron chi connectivity index (χ2n) is 3.52. The van der Waals surface area contributed by atoms with E-state index in [9.17, 15) is 9.59 Å². The highest BCUT2D eigenvalue weighted by Gasteiger charge is 2.08. The van der Waals surface area contributed by atoms with E-state index in [0.29, 0.717) is 16.4 Å². The van der Waals surface area contributed by atoms with Crippen molar-refractivity contribution in [2.24, 2.45) is 0 Å². The Morgan fingerprint density at radius 3 is 2.84 bits per heavy atom. The Hall–Kier alpha value is -2.41. The molecular formula is C12H10N2O4S. The zero-order chi connectivity index (χ0) is 13.8. The number of hydrogen-bond donors (Lipinski definition) is 2. The molecule has 0 unspecified atom stereocenters. The number of thiazole rings is 1. The van der Waals surface area contributed by atoms with Crippen molar-refractivity contribution < 1.29 is 19.4 Å². The molecule has 2 heterocycles. The molecule has 0 aliphatic carbocycles. The summed E-state index contributed by atoms with van der Waals surface area (Å²) in [7, 11) is 1.31. The molecule has 19 heavy (non-hydrogen) atoms. The molecule has 2 rings (SSSR count). The summed E-state index contributed by atoms with van der Waals surface area (Å²) in [6.07, 6.45) is 4.68. The Bertz CT molecular complexity index is 642. The summed E-state index contributed by atoms with van der Waals surface area (Å²) >= 11 is 1.07. The van der Waals surface area contributed by atoms with Crippen LogP contribution in [0.2, 0.25) is 0 Å². The van der Waals surface area contributed by atoms with Gasteiger partial charge in [-0.25, -0.2) is 14.6 Å². The molecule has 0 aromatic carbocycles. The fourth-order valence-corrected chi connectivity index (χ4v) is 2.02. The fourth-order valence-electron chi connectivity index (χ4n) is 1.36. The Morgan fingerprint density at radius 2 is 2.21 bits per heavy atom. The standard InChI is InChI=1S/C12H10N2O4S/c1-18-12(17)8-4-2-7(14-8)3-5-10-13-6-9(19-10)11(15)16/h2-6,14H,1H3,(H,15,16). The van der Waals surface area contributed by atoms with Crippen LogP contribution in [0.15, 0.2) is 18.3 Å². The second-order valence-corrected chi connectivity index (χ2v) is 4.58. The van der Waals surface area contributed by atoms with Gasteiger partial charge in [-0.1, -0.05) is 0 Å². The monoisotopic (exact) mass is 278 g/mol. The van der Waals surface area contributed by atoms with Gasteiger partial charge in [-0.3, -0.25) is 0 Å². The van der Waals surface area contributed by atoms with Crippen molar-refractivity contribution in [2.45, 2.75) is 0 Å². The predicted molar refractivity (Wildman–Crippen MR) is 70.1 cm³/mol. The molecule has 0 saturated carbocycles. The first kappa shape index (κ1) is 13.0. The van der Waals surface area contributed by atoms with Gasteiger partial charge in [0.15, 0.2) is 0 Å². The number of nitrogens with zero attached hydrogens (tertiary/aromatic N) is 1. The normalized spacial score (nSPS) is 10.8. The van der Waals surface area contributed by atoms with Crippen molar-refractivity contribution in [3.8, 4) is 0 Å². The van der Waals surface area contributed by atoms with Crippen LogP contribution in [-0.2, 0) is 4.74 Å². The second kappa shape index (κ2) is 5.49. The van der Waals surface area contributed by atoms with E-state index in [1.54, 1.807) is 24.3 Å². The van der Waals surface area contributed by atoms with Gasteiger partial charge < -0.3 is 14.8 Å². The number of carbonyl (C=O) groups is 2. The van der Waals surface area contributed by atoms with Crippen molar-refractivity contribution in [1.29, 1.82) is 0 Å². The van der Waals surface area contributed by atoms with E-state index in [1.807, 2.05) is 0 Å². The third-order valence-electron chi connectivity index (χ3n) is 2.25. The minimum atomic E-state index is -0.995. The molecule has 0 spiro atoms. The van der Waals surface area contributed by atoms with Gasteiger partial charge in [-0.2, -0.15) is 0 Å². The Kier molecular flexibility index (Phi) is 3.76. The summed E-state index contributed by atoms with van der Waals surface area (Å²) < 4.78 is 4.57. The van der Waals surface area contributed by atoms with Crippen LogP contribution in [-0.4, -0.2) is 34.1 Å². The number of carbonyl (C=O) groups excluding carboxylic acids is 1. The minimum Gasteiger partial charge on any atom is -0.477 e. The van der Waals surface area contributed by atoms with Gasteiger partial charge >= 0.3 is 11.9 Å². The average molecular weight is 278 g/mol. The van der Waals surface area contributed by atoms with Crippen molar-refractivity contribution in [1.82, 2.24) is 9.97 Å². The lowest BCUT2D eigenvalue weighted by Crippen LogP contribution is -2.00. The first-order valence-electron chi connectivity index (χ1n) is 5.24. The molecule has 0 fully saturated rings. The van der Waals surface area contributed by atoms with Gasteiger partial charge in [0.25, 0.3) is 0 Å². The Morgan fingerprint density at radius 1 is 1.42 bits per heavy atom. The number of methoxy groups -OCH3 is 1. The molecule has 6 nitrogen and oxygen atoms in total. The SMILES string of the molecule is COC(=O)c1ccc(C=Cc2ncc(C(=O)O)s2)[nH]1. The quantitative estimate of drug-likeness (QED) is 0.836. The van der Waals surface area contributed by atoms with Gasteiger partial charge in [0.2, 0.25) is 0 Å². The molecule has 0 aliphatic heterocycles. The number of aromatic carboxylic acids is 1. The molecule has 2 aromatic rings. The molecule has 98 valence electrons. The number of carboxylic acid groups (broad SMARTS) is 1. The van der Waals surface area contributed by atoms with Gasteiger partial charge in [0.05, 0.1) is 13.3 Å². The average Bonchev–Trinajstić information content (AvgIpc) is 3.04. The predicted octanol–water partition coefficient (Wildman–Crippen LogP) is 2.13. The molecule has 0 bridgehead atoms. The third-order valence-corrected chi connectivity index (χ3v) is 3.20. The number of rotatable bonds is 4. The number of carboxylic acids is 1. The van der Waals surface area contributed by atoms with Crippen molar-refractivity contribution >= 4 is 35.4 Å². The van der Waals surface area contributed by atoms with Crippen LogP contribution >= 0.6 is 11.3 Å². The van der Waals surface area contributed by atoms with Crippen LogP contribution in [0.4, 0.5) is 0 Å². The first-order chi connectivity index (χ1) is 9.10. The van der Waals surface area contributed by atoms with Crippen LogP contribution in [0.1, 0.15) is 30.9 Å². The lowest BCUT2D eigenvalue weighted by Gasteiger charge is -1.93. The molecule has 0 radical (unpaired) electrons. The number of esters is 1. The highest BCUT2D eigenvalue weighted by molar-refractivity contribution is 7.14. The van der Waals surface area contributed by atoms with Crippen molar-refractivity contribution in [3.63, 3.8) is 0 Å². The van der Waals surface area contributed by atoms with E-state index < -0.39 is 11.9 Å². The molecule has 0 amide bonds. The molecule has 0 aliphatic rings. The highest BCUT2D eigenvalue weighted by atomic mass is 32.1. The Labute approximate surface area is 112 Å². The summed E-state index contributed by atoms with van der Waals surface area (Å²) in [6.45, 7) is 0. The van der Waals surface area contributed by atoms with Gasteiger partial charge in [-0.05, 0) is 24.3 Å². The van der Waals surface area contributed by atoms with Crippen LogP contribution in [0, 0.1) is 0 Å². The first-order valence-corrected chi connectivity index (χ1v) is 6.06. The summed E-state index contributed by atoms with van der Waals surface area (Å²) in [5.74, 6) is -1.44. The number of nitrogens with one attached hydrogen (secondary N) is 1. The van der Waals surface area contributed by atoms with Crippen molar-refractivity contribution in [2.75, 3.05) is 7.11 Å². The number of aromatic nitrogens is 2. The van der Waals surface area contributed by atoms with E-state index >= 15 is 0 Å². The molecule has 0 atom stereocenters. The van der Waals surface area contributed by atoms with Crippen LogP contribution in [0.25, 0.3) is 12.2 Å². The molecular weight excluding hydrogens is 268 g/mol. The van der Waals surface area contributed by atoms with E-state index in [0.717, 1.165) is 11.3 Å². The smallest absolute Gasteiger partial charge is 0.354 e. The maximum atomic E-state index is 11.2.